The van der Waals surface area contributed by atoms with Gasteiger partial charge in [0.2, 0.25) is 0 Å². The first-order valence-corrected chi connectivity index (χ1v) is 13.9. The van der Waals surface area contributed by atoms with Crippen LogP contribution in [-0.2, 0) is 13.8 Å². The molecule has 0 fully saturated rings. The highest BCUT2D eigenvalue weighted by Crippen LogP contribution is 2.29. The van der Waals surface area contributed by atoms with Gasteiger partial charge in [-0.1, -0.05) is 90.4 Å². The highest BCUT2D eigenvalue weighted by Gasteiger charge is 2.21. The van der Waals surface area contributed by atoms with Crippen LogP contribution in [0.5, 0.6) is 0 Å². The molecule has 0 radical (unpaired) electrons. The summed E-state index contributed by atoms with van der Waals surface area (Å²) in [5.41, 5.74) is 0. The first-order chi connectivity index (χ1) is 14.7. The lowest BCUT2D eigenvalue weighted by molar-refractivity contribution is -0.893. The number of hydrogen-bond donors (Lipinski definition) is 2. The molecule has 0 bridgehead atoms. The van der Waals surface area contributed by atoms with E-state index in [9.17, 15) is 14.6 Å². The van der Waals surface area contributed by atoms with Crippen LogP contribution in [0.4, 0.5) is 0 Å². The number of aliphatic hydroxyl groups excluding tert-OH is 1. The van der Waals surface area contributed by atoms with Crippen LogP contribution < -0.4 is 4.89 Å². The van der Waals surface area contributed by atoms with E-state index < -0.39 is 13.9 Å². The first-order valence-electron chi connectivity index (χ1n) is 12.4. The van der Waals surface area contributed by atoms with Crippen molar-refractivity contribution in [2.75, 3.05) is 47.0 Å². The fourth-order valence-electron chi connectivity index (χ4n) is 3.74. The molecule has 0 heterocycles. The van der Waals surface area contributed by atoms with E-state index in [1.807, 2.05) is 14.1 Å². The highest BCUT2D eigenvalue weighted by atomic mass is 31.2. The number of quaternary nitrogens is 1. The van der Waals surface area contributed by atoms with Crippen LogP contribution in [0, 0.1) is 0 Å². The number of rotatable bonds is 23. The summed E-state index contributed by atoms with van der Waals surface area (Å²) in [6.45, 7) is 3.88. The molecular formula is C23H50NO6P. The Balaban J connectivity index is 3.41. The van der Waals surface area contributed by atoms with Gasteiger partial charge in [0.15, 0.2) is 0 Å². The normalized spacial score (nSPS) is 15.2. The van der Waals surface area contributed by atoms with E-state index >= 15 is 0 Å². The van der Waals surface area contributed by atoms with Gasteiger partial charge in [0, 0.05) is 6.61 Å². The fraction of sp³-hybridized carbons (Fsp3) is 1.00. The molecule has 0 rings (SSSR count). The van der Waals surface area contributed by atoms with Gasteiger partial charge in [0.25, 0.3) is 7.82 Å². The molecule has 0 spiro atoms. The third-order valence-electron chi connectivity index (χ3n) is 5.61. The second-order valence-electron chi connectivity index (χ2n) is 9.47. The van der Waals surface area contributed by atoms with E-state index in [1.54, 1.807) is 0 Å². The average Bonchev–Trinajstić information content (AvgIpc) is 2.66. The van der Waals surface area contributed by atoms with Crippen molar-refractivity contribution in [1.29, 1.82) is 0 Å². The summed E-state index contributed by atoms with van der Waals surface area (Å²) < 4.78 is 20.9. The predicted molar refractivity (Wildman–Crippen MR) is 125 cm³/mol. The lowest BCUT2D eigenvalue weighted by Crippen LogP contribution is -2.48. The predicted octanol–water partition coefficient (Wildman–Crippen LogP) is 4.40. The number of nitrogens with zero attached hydrogens (tertiary/aromatic N) is 1. The minimum absolute atomic E-state index is 0.114. The second-order valence-corrected chi connectivity index (χ2v) is 10.7. The summed E-state index contributed by atoms with van der Waals surface area (Å²) in [6, 6.07) is 0. The maximum Gasteiger partial charge on any atom is 0.265 e. The number of phosphoric acid groups is 1. The van der Waals surface area contributed by atoms with E-state index in [4.69, 9.17) is 9.63 Å². The van der Waals surface area contributed by atoms with Crippen molar-refractivity contribution in [3.05, 3.63) is 0 Å². The summed E-state index contributed by atoms with van der Waals surface area (Å²) in [4.78, 5) is 19.2. The zero-order chi connectivity index (χ0) is 23.4. The highest BCUT2D eigenvalue weighted by molar-refractivity contribution is 7.44. The molecule has 31 heavy (non-hydrogen) atoms. The van der Waals surface area contributed by atoms with Gasteiger partial charge in [-0.15, -0.1) is 0 Å². The minimum atomic E-state index is -4.68. The molecule has 7 nitrogen and oxygen atoms in total. The molecule has 0 aliphatic heterocycles. The van der Waals surface area contributed by atoms with Gasteiger partial charge >= 0.3 is 0 Å². The average molecular weight is 468 g/mol. The van der Waals surface area contributed by atoms with Crippen LogP contribution >= 0.6 is 7.82 Å². The van der Waals surface area contributed by atoms with Gasteiger partial charge in [-0.25, -0.2) is 0 Å². The SMILES string of the molecule is CCCCCCCCCCCCCCCCOCC(O)C[N+](C)(C)CCOP(=O)([O-])O. The van der Waals surface area contributed by atoms with Crippen molar-refractivity contribution in [3.63, 3.8) is 0 Å². The maximum atomic E-state index is 10.6. The zero-order valence-electron chi connectivity index (χ0n) is 20.4. The summed E-state index contributed by atoms with van der Waals surface area (Å²) >= 11 is 0. The molecule has 2 unspecified atom stereocenters. The summed E-state index contributed by atoms with van der Waals surface area (Å²) in [7, 11) is -0.944. The molecule has 0 saturated carbocycles. The maximum absolute atomic E-state index is 10.6. The topological polar surface area (TPSA) is 99.0 Å². The Bertz CT molecular complexity index is 444. The Hall–Kier alpha value is -0.0100. The van der Waals surface area contributed by atoms with Gasteiger partial charge in [0.05, 0.1) is 20.7 Å². The summed E-state index contributed by atoms with van der Waals surface area (Å²) in [6.07, 6.45) is 18.0. The van der Waals surface area contributed by atoms with E-state index in [1.165, 1.54) is 83.5 Å². The van der Waals surface area contributed by atoms with Gasteiger partial charge in [0.1, 0.15) is 25.8 Å². The van der Waals surface area contributed by atoms with Gasteiger partial charge < -0.3 is 28.6 Å². The lowest BCUT2D eigenvalue weighted by Gasteiger charge is -2.32. The Morgan fingerprint density at radius 1 is 0.839 bits per heavy atom. The van der Waals surface area contributed by atoms with Gasteiger partial charge in [-0.3, -0.25) is 4.57 Å². The van der Waals surface area contributed by atoms with Crippen molar-refractivity contribution in [3.8, 4) is 0 Å². The van der Waals surface area contributed by atoms with Crippen molar-refractivity contribution < 1.29 is 33.2 Å². The summed E-state index contributed by atoms with van der Waals surface area (Å²) in [5, 5.41) is 10.1. The molecular weight excluding hydrogens is 417 g/mol. The molecule has 0 aromatic carbocycles. The second kappa shape index (κ2) is 19.5. The van der Waals surface area contributed by atoms with Crippen LogP contribution in [-0.4, -0.2) is 67.6 Å². The van der Waals surface area contributed by atoms with Gasteiger partial charge in [-0.05, 0) is 6.42 Å². The Labute approximate surface area is 191 Å². The number of aliphatic hydroxyl groups is 1. The Kier molecular flexibility index (Phi) is 19.5. The summed E-state index contributed by atoms with van der Waals surface area (Å²) in [5.74, 6) is 0. The number of ether oxygens (including phenoxy) is 1. The molecule has 0 aliphatic carbocycles. The number of unbranched alkanes of at least 4 members (excludes halogenated alkanes) is 13. The van der Waals surface area contributed by atoms with Crippen LogP contribution in [0.15, 0.2) is 0 Å². The number of likely N-dealkylation sites (N-methyl/N-ethyl adjacent to an activating group) is 1. The molecule has 0 amide bonds. The van der Waals surface area contributed by atoms with E-state index in [0.717, 1.165) is 6.42 Å². The van der Waals surface area contributed by atoms with Crippen LogP contribution in [0.25, 0.3) is 0 Å². The molecule has 0 saturated heterocycles. The third-order valence-corrected chi connectivity index (χ3v) is 6.12. The van der Waals surface area contributed by atoms with Crippen molar-refractivity contribution in [1.82, 2.24) is 0 Å². The largest absolute Gasteiger partial charge is 0.756 e. The molecule has 2 N–H and O–H groups in total. The molecule has 0 aromatic heterocycles. The molecule has 0 aliphatic rings. The monoisotopic (exact) mass is 467 g/mol. The Morgan fingerprint density at radius 3 is 1.74 bits per heavy atom. The van der Waals surface area contributed by atoms with E-state index in [-0.39, 0.29) is 13.2 Å². The quantitative estimate of drug-likeness (QED) is 0.131. The van der Waals surface area contributed by atoms with Crippen molar-refractivity contribution >= 4 is 7.82 Å². The lowest BCUT2D eigenvalue weighted by atomic mass is 10.0. The van der Waals surface area contributed by atoms with E-state index in [2.05, 4.69) is 11.4 Å². The molecule has 2 atom stereocenters. The molecule has 188 valence electrons. The molecule has 0 aromatic rings. The smallest absolute Gasteiger partial charge is 0.265 e. The van der Waals surface area contributed by atoms with Crippen LogP contribution in [0.3, 0.4) is 0 Å². The standard InChI is InChI=1S/C23H50NO6P/c1-4-5-6-7-8-9-10-11-12-13-14-15-16-17-19-29-22-23(25)21-24(2,3)18-20-30-31(26,27)28/h23,25H,4-22H2,1-3H3,(H-,26,27,28). The van der Waals surface area contributed by atoms with Crippen molar-refractivity contribution in [2.45, 2.75) is 103 Å². The third kappa shape index (κ3) is 24.5. The zero-order valence-corrected chi connectivity index (χ0v) is 21.3. The first kappa shape index (κ1) is 31.0. The Morgan fingerprint density at radius 2 is 1.29 bits per heavy atom. The molecule has 8 heteroatoms. The van der Waals surface area contributed by atoms with Crippen LogP contribution in [0.1, 0.15) is 96.8 Å². The minimum Gasteiger partial charge on any atom is -0.756 e. The van der Waals surface area contributed by atoms with Crippen molar-refractivity contribution in [2.24, 2.45) is 0 Å². The fourth-order valence-corrected chi connectivity index (χ4v) is 4.05. The van der Waals surface area contributed by atoms with Crippen LogP contribution in [0.2, 0.25) is 0 Å². The van der Waals surface area contributed by atoms with Gasteiger partial charge in [-0.2, -0.15) is 0 Å². The van der Waals surface area contributed by atoms with E-state index in [0.29, 0.717) is 24.2 Å². The number of phosphoric ester groups is 1. The number of hydrogen-bond acceptors (Lipinski definition) is 5.